The molecule has 1 saturated heterocycles. The summed E-state index contributed by atoms with van der Waals surface area (Å²) in [6.07, 6.45) is 20.1. The Morgan fingerprint density at radius 3 is 2.23 bits per heavy atom. The van der Waals surface area contributed by atoms with E-state index in [0.29, 0.717) is 12.1 Å². The topological polar surface area (TPSA) is 8.17 Å². The highest BCUT2D eigenvalue weighted by Gasteiger charge is 2.48. The fourth-order valence-electron chi connectivity index (χ4n) is 9.22. The molecule has 5 aromatic rings. The number of benzene rings is 4. The maximum absolute atomic E-state index is 2.84. The number of aromatic nitrogens is 1. The Balaban J connectivity index is 1.19. The fourth-order valence-corrected chi connectivity index (χ4v) is 9.22. The summed E-state index contributed by atoms with van der Waals surface area (Å²) >= 11 is 0. The third-order valence-corrected chi connectivity index (χ3v) is 11.1. The number of allylic oxidation sites excluding steroid dienone is 5. The lowest BCUT2D eigenvalue weighted by atomic mass is 9.75. The van der Waals surface area contributed by atoms with Crippen LogP contribution in [0.5, 0.6) is 0 Å². The van der Waals surface area contributed by atoms with Gasteiger partial charge in [-0.05, 0) is 103 Å². The molecular weight excluding hydrogens is 532 g/mol. The molecule has 1 saturated carbocycles. The smallest absolute Gasteiger partial charge is 0.0561 e. The van der Waals surface area contributed by atoms with E-state index in [2.05, 4.69) is 131 Å². The average molecular weight is 573 g/mol. The summed E-state index contributed by atoms with van der Waals surface area (Å²) in [5.74, 6) is 1.65. The SMILES string of the molecule is C1=CC2C(CC1)C1CCCCC1N2c1ccc2c3ccccc3n(-c3cccc(C4=CCCC=C4c4ccccc4)c3)c2c1. The maximum atomic E-state index is 2.84. The van der Waals surface area contributed by atoms with Gasteiger partial charge in [-0.2, -0.15) is 0 Å². The van der Waals surface area contributed by atoms with Crippen molar-refractivity contribution in [3.8, 4) is 5.69 Å². The van der Waals surface area contributed by atoms with Crippen molar-refractivity contribution in [3.63, 3.8) is 0 Å². The van der Waals surface area contributed by atoms with Gasteiger partial charge in [-0.1, -0.05) is 104 Å². The van der Waals surface area contributed by atoms with E-state index in [9.17, 15) is 0 Å². The van der Waals surface area contributed by atoms with Crippen LogP contribution in [-0.2, 0) is 0 Å². The van der Waals surface area contributed by atoms with E-state index in [-0.39, 0.29) is 0 Å². The third-order valence-electron chi connectivity index (χ3n) is 11.1. The van der Waals surface area contributed by atoms with Crippen LogP contribution in [0.1, 0.15) is 62.5 Å². The molecular formula is C42H40N2. The molecule has 218 valence electrons. The van der Waals surface area contributed by atoms with Crippen LogP contribution in [0.4, 0.5) is 5.69 Å². The maximum Gasteiger partial charge on any atom is 0.0561 e. The molecule has 1 aromatic heterocycles. The van der Waals surface area contributed by atoms with Gasteiger partial charge in [-0.3, -0.25) is 0 Å². The Hall–Kier alpha value is -4.30. The van der Waals surface area contributed by atoms with Crippen LogP contribution < -0.4 is 4.90 Å². The first-order chi connectivity index (χ1) is 21.8. The Morgan fingerprint density at radius 2 is 1.32 bits per heavy atom. The molecule has 0 amide bonds. The molecule has 4 unspecified atom stereocenters. The van der Waals surface area contributed by atoms with Crippen molar-refractivity contribution in [2.75, 3.05) is 4.90 Å². The van der Waals surface area contributed by atoms with Gasteiger partial charge in [0.1, 0.15) is 0 Å². The zero-order chi connectivity index (χ0) is 29.0. The van der Waals surface area contributed by atoms with Crippen molar-refractivity contribution < 1.29 is 0 Å². The number of fused-ring (bicyclic) bond motifs is 6. The lowest BCUT2D eigenvalue weighted by Crippen LogP contribution is -2.38. The van der Waals surface area contributed by atoms with Crippen LogP contribution in [0.3, 0.4) is 0 Å². The molecule has 2 fully saturated rings. The zero-order valence-corrected chi connectivity index (χ0v) is 25.4. The first kappa shape index (κ1) is 26.1. The van der Waals surface area contributed by atoms with Crippen LogP contribution in [0, 0.1) is 11.8 Å². The van der Waals surface area contributed by atoms with E-state index < -0.39 is 0 Å². The minimum Gasteiger partial charge on any atom is -0.361 e. The molecule has 3 aliphatic carbocycles. The van der Waals surface area contributed by atoms with Crippen LogP contribution in [-0.4, -0.2) is 16.7 Å². The second-order valence-corrected chi connectivity index (χ2v) is 13.4. The summed E-state index contributed by atoms with van der Waals surface area (Å²) in [5, 5.41) is 2.67. The van der Waals surface area contributed by atoms with Crippen molar-refractivity contribution in [3.05, 3.63) is 132 Å². The molecule has 4 aromatic carbocycles. The first-order valence-corrected chi connectivity index (χ1v) is 16.9. The normalized spacial score (nSPS) is 24.7. The summed E-state index contributed by atoms with van der Waals surface area (Å²) < 4.78 is 2.52. The minimum absolute atomic E-state index is 0.539. The number of hydrogen-bond donors (Lipinski definition) is 0. The monoisotopic (exact) mass is 572 g/mol. The number of anilines is 1. The molecule has 44 heavy (non-hydrogen) atoms. The van der Waals surface area contributed by atoms with Crippen LogP contribution in [0.25, 0.3) is 38.6 Å². The summed E-state index contributed by atoms with van der Waals surface area (Å²) in [5.41, 5.74) is 10.5. The highest BCUT2D eigenvalue weighted by atomic mass is 15.2. The molecule has 0 radical (unpaired) electrons. The molecule has 4 atom stereocenters. The van der Waals surface area contributed by atoms with Gasteiger partial charge in [0.2, 0.25) is 0 Å². The van der Waals surface area contributed by atoms with E-state index in [1.807, 2.05) is 0 Å². The molecule has 2 heterocycles. The quantitative estimate of drug-likeness (QED) is 0.195. The average Bonchev–Trinajstić information content (AvgIpc) is 3.61. The van der Waals surface area contributed by atoms with Gasteiger partial charge in [-0.25, -0.2) is 0 Å². The van der Waals surface area contributed by atoms with E-state index in [0.717, 1.165) is 24.7 Å². The molecule has 1 aliphatic heterocycles. The number of nitrogens with zero attached hydrogens (tertiary/aromatic N) is 2. The predicted octanol–water partition coefficient (Wildman–Crippen LogP) is 10.8. The Bertz CT molecular complexity index is 1950. The fraction of sp³-hybridized carbons (Fsp3) is 0.286. The van der Waals surface area contributed by atoms with Crippen LogP contribution >= 0.6 is 0 Å². The largest absolute Gasteiger partial charge is 0.361 e. The van der Waals surface area contributed by atoms with E-state index in [4.69, 9.17) is 0 Å². The van der Waals surface area contributed by atoms with E-state index in [1.54, 1.807) is 0 Å². The Morgan fingerprint density at radius 1 is 0.545 bits per heavy atom. The lowest BCUT2D eigenvalue weighted by Gasteiger charge is -2.35. The van der Waals surface area contributed by atoms with Gasteiger partial charge in [0.05, 0.1) is 17.1 Å². The predicted molar refractivity (Wildman–Crippen MR) is 186 cm³/mol. The summed E-state index contributed by atoms with van der Waals surface area (Å²) in [6, 6.07) is 37.7. The third kappa shape index (κ3) is 4.14. The van der Waals surface area contributed by atoms with Crippen molar-refractivity contribution in [1.29, 1.82) is 0 Å². The number of para-hydroxylation sites is 1. The summed E-state index contributed by atoms with van der Waals surface area (Å²) in [7, 11) is 0. The van der Waals surface area contributed by atoms with Crippen molar-refractivity contribution in [2.24, 2.45) is 11.8 Å². The minimum atomic E-state index is 0.539. The molecule has 2 heteroatoms. The molecule has 0 bridgehead atoms. The van der Waals surface area contributed by atoms with Crippen molar-refractivity contribution in [2.45, 2.75) is 63.5 Å². The van der Waals surface area contributed by atoms with Gasteiger partial charge >= 0.3 is 0 Å². The highest BCUT2D eigenvalue weighted by Crippen LogP contribution is 2.50. The first-order valence-electron chi connectivity index (χ1n) is 16.9. The number of rotatable bonds is 4. The van der Waals surface area contributed by atoms with Gasteiger partial charge in [0, 0.05) is 28.2 Å². The van der Waals surface area contributed by atoms with Gasteiger partial charge in [0.25, 0.3) is 0 Å². The van der Waals surface area contributed by atoms with Gasteiger partial charge in [-0.15, -0.1) is 0 Å². The Labute approximate surface area is 261 Å². The van der Waals surface area contributed by atoms with Gasteiger partial charge < -0.3 is 9.47 Å². The molecule has 4 aliphatic rings. The lowest BCUT2D eigenvalue weighted by molar-refractivity contribution is 0.262. The van der Waals surface area contributed by atoms with Crippen molar-refractivity contribution >= 4 is 38.6 Å². The molecule has 0 N–H and O–H groups in total. The van der Waals surface area contributed by atoms with E-state index >= 15 is 0 Å². The van der Waals surface area contributed by atoms with Crippen LogP contribution in [0.15, 0.2) is 121 Å². The second kappa shape index (κ2) is 10.7. The van der Waals surface area contributed by atoms with E-state index in [1.165, 1.54) is 94.0 Å². The summed E-state index contributed by atoms with van der Waals surface area (Å²) in [4.78, 5) is 2.84. The number of hydrogen-bond acceptors (Lipinski definition) is 1. The molecule has 2 nitrogen and oxygen atoms in total. The standard InChI is InChI=1S/C42H40N2/c1-2-13-29(14-3-1)33-17-4-5-18-34(33)30-15-12-16-31(27-30)44-41-24-11-8-21-37(41)38-26-25-32(28-42(38)44)43-39-22-9-6-19-35(39)36-20-7-10-23-40(36)43/h1-3,8-9,11-18,21-22,24-28,35-36,39-40H,4-7,10,19-20,23H2. The molecule has 0 spiro atoms. The summed E-state index contributed by atoms with van der Waals surface area (Å²) in [6.45, 7) is 0. The highest BCUT2D eigenvalue weighted by molar-refractivity contribution is 6.10. The zero-order valence-electron chi connectivity index (χ0n) is 25.4. The second-order valence-electron chi connectivity index (χ2n) is 13.4. The van der Waals surface area contributed by atoms with Gasteiger partial charge in [0.15, 0.2) is 0 Å². The van der Waals surface area contributed by atoms with Crippen molar-refractivity contribution in [1.82, 2.24) is 4.57 Å². The Kier molecular flexibility index (Phi) is 6.35. The van der Waals surface area contributed by atoms with Crippen LogP contribution in [0.2, 0.25) is 0 Å². The molecule has 9 rings (SSSR count).